The lowest BCUT2D eigenvalue weighted by Gasteiger charge is -2.11. The Bertz CT molecular complexity index is 263. The summed E-state index contributed by atoms with van der Waals surface area (Å²) in [6.07, 6.45) is 2.55. The van der Waals surface area contributed by atoms with Gasteiger partial charge in [-0.05, 0) is 32.3 Å². The molecule has 0 fully saturated rings. The molecule has 1 atom stereocenters. The lowest BCUT2D eigenvalue weighted by Crippen LogP contribution is -2.10. The van der Waals surface area contributed by atoms with Crippen molar-refractivity contribution in [1.29, 1.82) is 0 Å². The molecule has 0 saturated carbocycles. The highest BCUT2D eigenvalue weighted by molar-refractivity contribution is 5.06. The van der Waals surface area contributed by atoms with Crippen molar-refractivity contribution in [2.24, 2.45) is 5.92 Å². The lowest BCUT2D eigenvalue weighted by atomic mass is 10.1. The zero-order valence-electron chi connectivity index (χ0n) is 9.17. The van der Waals surface area contributed by atoms with E-state index < -0.39 is 0 Å². The number of rotatable bonds is 4. The van der Waals surface area contributed by atoms with E-state index in [1.165, 1.54) is 18.5 Å². The highest BCUT2D eigenvalue weighted by Crippen LogP contribution is 2.10. The monoisotopic (exact) mass is 180 g/mol. The molecule has 0 saturated heterocycles. The second-order valence-electron chi connectivity index (χ2n) is 4.00. The molecule has 0 amide bonds. The van der Waals surface area contributed by atoms with E-state index in [-0.39, 0.29) is 0 Å². The van der Waals surface area contributed by atoms with Crippen LogP contribution in [0.1, 0.15) is 38.1 Å². The molecule has 2 heteroatoms. The second kappa shape index (κ2) is 4.45. The van der Waals surface area contributed by atoms with Gasteiger partial charge in [-0.3, -0.25) is 4.68 Å². The van der Waals surface area contributed by atoms with E-state index >= 15 is 0 Å². The Morgan fingerprint density at radius 2 is 2.15 bits per heavy atom. The summed E-state index contributed by atoms with van der Waals surface area (Å²) in [6, 6.07) is 2.14. The van der Waals surface area contributed by atoms with Gasteiger partial charge in [-0.15, -0.1) is 0 Å². The second-order valence-corrected chi connectivity index (χ2v) is 4.00. The summed E-state index contributed by atoms with van der Waals surface area (Å²) in [4.78, 5) is 0. The molecule has 74 valence electrons. The average molecular weight is 180 g/mol. The van der Waals surface area contributed by atoms with Crippen LogP contribution in [0, 0.1) is 19.8 Å². The third-order valence-electron chi connectivity index (χ3n) is 2.37. The van der Waals surface area contributed by atoms with E-state index in [0.717, 1.165) is 18.2 Å². The molecule has 1 rings (SSSR count). The zero-order valence-corrected chi connectivity index (χ0v) is 9.17. The molecule has 0 aliphatic heterocycles. The van der Waals surface area contributed by atoms with Gasteiger partial charge in [0, 0.05) is 12.2 Å². The molecule has 0 spiro atoms. The van der Waals surface area contributed by atoms with Crippen molar-refractivity contribution in [2.45, 2.75) is 47.1 Å². The van der Waals surface area contributed by atoms with Crippen molar-refractivity contribution in [1.82, 2.24) is 9.78 Å². The minimum atomic E-state index is 0.739. The number of hydrogen-bond donors (Lipinski definition) is 0. The highest BCUT2D eigenvalue weighted by Gasteiger charge is 2.05. The van der Waals surface area contributed by atoms with Gasteiger partial charge >= 0.3 is 0 Å². The fourth-order valence-corrected chi connectivity index (χ4v) is 1.74. The normalized spacial score (nSPS) is 13.2. The summed E-state index contributed by atoms with van der Waals surface area (Å²) < 4.78 is 2.12. The molecule has 1 unspecified atom stereocenters. The van der Waals surface area contributed by atoms with Gasteiger partial charge in [-0.25, -0.2) is 0 Å². The highest BCUT2D eigenvalue weighted by atomic mass is 15.3. The predicted molar refractivity (Wildman–Crippen MR) is 55.8 cm³/mol. The molecule has 2 nitrogen and oxygen atoms in total. The number of nitrogens with zero attached hydrogens (tertiary/aromatic N) is 2. The van der Waals surface area contributed by atoms with Crippen molar-refractivity contribution < 1.29 is 0 Å². The Labute approximate surface area is 81.0 Å². The maximum absolute atomic E-state index is 4.45. The number of aromatic nitrogens is 2. The summed E-state index contributed by atoms with van der Waals surface area (Å²) in [5.41, 5.74) is 2.40. The summed E-state index contributed by atoms with van der Waals surface area (Å²) in [7, 11) is 0. The van der Waals surface area contributed by atoms with Gasteiger partial charge in [0.25, 0.3) is 0 Å². The zero-order chi connectivity index (χ0) is 9.84. The van der Waals surface area contributed by atoms with Crippen molar-refractivity contribution in [3.8, 4) is 0 Å². The van der Waals surface area contributed by atoms with Gasteiger partial charge in [-0.2, -0.15) is 5.10 Å². The van der Waals surface area contributed by atoms with Crippen molar-refractivity contribution >= 4 is 0 Å². The lowest BCUT2D eigenvalue weighted by molar-refractivity contribution is 0.414. The van der Waals surface area contributed by atoms with Crippen LogP contribution in [-0.2, 0) is 6.54 Å². The van der Waals surface area contributed by atoms with E-state index in [4.69, 9.17) is 0 Å². The topological polar surface area (TPSA) is 17.8 Å². The van der Waals surface area contributed by atoms with Gasteiger partial charge in [0.05, 0.1) is 5.69 Å². The van der Waals surface area contributed by atoms with Crippen LogP contribution in [0.5, 0.6) is 0 Å². The fourth-order valence-electron chi connectivity index (χ4n) is 1.74. The first-order chi connectivity index (χ1) is 6.13. The van der Waals surface area contributed by atoms with Gasteiger partial charge in [-0.1, -0.05) is 20.3 Å². The minimum Gasteiger partial charge on any atom is -0.269 e. The van der Waals surface area contributed by atoms with Crippen LogP contribution in [0.3, 0.4) is 0 Å². The maximum Gasteiger partial charge on any atom is 0.0596 e. The smallest absolute Gasteiger partial charge is 0.0596 e. The largest absolute Gasteiger partial charge is 0.269 e. The molecule has 0 N–H and O–H groups in total. The van der Waals surface area contributed by atoms with E-state index in [0.29, 0.717) is 0 Å². The Kier molecular flexibility index (Phi) is 3.52. The predicted octanol–water partition coefficient (Wildman–Crippen LogP) is 2.94. The van der Waals surface area contributed by atoms with E-state index in [1.807, 2.05) is 6.92 Å². The van der Waals surface area contributed by atoms with Gasteiger partial charge in [0.15, 0.2) is 0 Å². The van der Waals surface area contributed by atoms with Crippen LogP contribution >= 0.6 is 0 Å². The van der Waals surface area contributed by atoms with E-state index in [2.05, 4.69) is 36.6 Å². The Balaban J connectivity index is 2.57. The quantitative estimate of drug-likeness (QED) is 0.696. The first-order valence-electron chi connectivity index (χ1n) is 5.14. The third kappa shape index (κ3) is 2.87. The van der Waals surface area contributed by atoms with Crippen LogP contribution in [0.4, 0.5) is 0 Å². The maximum atomic E-state index is 4.45. The Hall–Kier alpha value is -0.790. The average Bonchev–Trinajstić information content (AvgIpc) is 2.30. The summed E-state index contributed by atoms with van der Waals surface area (Å²) in [6.45, 7) is 9.76. The first kappa shape index (κ1) is 10.3. The SMILES string of the molecule is CCCC(C)Cn1nc(C)cc1C. The van der Waals surface area contributed by atoms with Gasteiger partial charge in [0.2, 0.25) is 0 Å². The van der Waals surface area contributed by atoms with Crippen LogP contribution in [0.2, 0.25) is 0 Å². The Morgan fingerprint density at radius 3 is 2.62 bits per heavy atom. The molecule has 13 heavy (non-hydrogen) atoms. The third-order valence-corrected chi connectivity index (χ3v) is 2.37. The molecule has 0 aromatic carbocycles. The van der Waals surface area contributed by atoms with Crippen LogP contribution in [0.15, 0.2) is 6.07 Å². The van der Waals surface area contributed by atoms with Gasteiger partial charge in [0.1, 0.15) is 0 Å². The molecule has 0 aliphatic rings. The number of hydrogen-bond acceptors (Lipinski definition) is 1. The first-order valence-corrected chi connectivity index (χ1v) is 5.14. The summed E-state index contributed by atoms with van der Waals surface area (Å²) >= 11 is 0. The van der Waals surface area contributed by atoms with Crippen molar-refractivity contribution in [3.63, 3.8) is 0 Å². The van der Waals surface area contributed by atoms with Crippen LogP contribution in [0.25, 0.3) is 0 Å². The van der Waals surface area contributed by atoms with Gasteiger partial charge < -0.3 is 0 Å². The molecule has 0 bridgehead atoms. The fraction of sp³-hybridized carbons (Fsp3) is 0.727. The van der Waals surface area contributed by atoms with Crippen LogP contribution < -0.4 is 0 Å². The molecular weight excluding hydrogens is 160 g/mol. The molecule has 1 aromatic rings. The van der Waals surface area contributed by atoms with Crippen LogP contribution in [-0.4, -0.2) is 9.78 Å². The van der Waals surface area contributed by atoms with E-state index in [1.54, 1.807) is 0 Å². The summed E-state index contributed by atoms with van der Waals surface area (Å²) in [5, 5.41) is 4.45. The van der Waals surface area contributed by atoms with Crippen molar-refractivity contribution in [2.75, 3.05) is 0 Å². The minimum absolute atomic E-state index is 0.739. The molecule has 0 aliphatic carbocycles. The Morgan fingerprint density at radius 1 is 1.46 bits per heavy atom. The molecular formula is C11H20N2. The number of aryl methyl sites for hydroxylation is 2. The molecule has 1 aromatic heterocycles. The van der Waals surface area contributed by atoms with E-state index in [9.17, 15) is 0 Å². The summed E-state index contributed by atoms with van der Waals surface area (Å²) in [5.74, 6) is 0.739. The molecule has 0 radical (unpaired) electrons. The van der Waals surface area contributed by atoms with Crippen molar-refractivity contribution in [3.05, 3.63) is 17.5 Å². The molecule has 1 heterocycles. The standard InChI is InChI=1S/C11H20N2/c1-5-6-9(2)8-13-11(4)7-10(3)12-13/h7,9H,5-6,8H2,1-4H3.